The van der Waals surface area contributed by atoms with Crippen molar-refractivity contribution < 1.29 is 9.47 Å². The monoisotopic (exact) mass is 344 g/mol. The summed E-state index contributed by atoms with van der Waals surface area (Å²) < 4.78 is 14.3. The highest BCUT2D eigenvalue weighted by Crippen LogP contribution is 2.36. The van der Waals surface area contributed by atoms with Crippen molar-refractivity contribution in [2.24, 2.45) is 7.05 Å². The van der Waals surface area contributed by atoms with Crippen LogP contribution in [0, 0.1) is 0 Å². The van der Waals surface area contributed by atoms with Crippen LogP contribution >= 0.6 is 0 Å². The standard InChI is InChI=1S/C18H24N4O3/c1-20(2)7-6-8-22-18(23)17-13(11-19-22)16-14(21(17)3)9-12(24-4)10-15(16)25-5/h9-11H,6-8H2,1-5H3. The first kappa shape index (κ1) is 17.3. The lowest BCUT2D eigenvalue weighted by Crippen LogP contribution is -2.25. The number of methoxy groups -OCH3 is 2. The molecule has 0 N–H and O–H groups in total. The van der Waals surface area contributed by atoms with Gasteiger partial charge in [0.2, 0.25) is 0 Å². The average Bonchev–Trinajstić information content (AvgIpc) is 2.89. The van der Waals surface area contributed by atoms with Gasteiger partial charge in [0.1, 0.15) is 17.0 Å². The number of aryl methyl sites for hydroxylation is 2. The summed E-state index contributed by atoms with van der Waals surface area (Å²) in [6.45, 7) is 1.50. The molecular weight excluding hydrogens is 320 g/mol. The highest BCUT2D eigenvalue weighted by molar-refractivity contribution is 6.11. The smallest absolute Gasteiger partial charge is 0.291 e. The Morgan fingerprint density at radius 3 is 2.60 bits per heavy atom. The number of fused-ring (bicyclic) bond motifs is 3. The van der Waals surface area contributed by atoms with Gasteiger partial charge in [-0.15, -0.1) is 0 Å². The fraction of sp³-hybridized carbons (Fsp3) is 0.444. The molecule has 0 unspecified atom stereocenters. The molecule has 0 aliphatic heterocycles. The molecule has 0 aliphatic carbocycles. The van der Waals surface area contributed by atoms with Crippen LogP contribution in [-0.2, 0) is 13.6 Å². The zero-order valence-corrected chi connectivity index (χ0v) is 15.4. The summed E-state index contributed by atoms with van der Waals surface area (Å²) in [6, 6.07) is 3.73. The molecule has 2 aromatic heterocycles. The minimum absolute atomic E-state index is 0.0871. The van der Waals surface area contributed by atoms with Crippen LogP contribution in [0.1, 0.15) is 6.42 Å². The molecule has 0 saturated heterocycles. The van der Waals surface area contributed by atoms with Crippen molar-refractivity contribution in [3.63, 3.8) is 0 Å². The fourth-order valence-electron chi connectivity index (χ4n) is 3.19. The Morgan fingerprint density at radius 1 is 1.20 bits per heavy atom. The third-order valence-electron chi connectivity index (χ3n) is 4.47. The lowest BCUT2D eigenvalue weighted by molar-refractivity contribution is 0.377. The molecule has 0 radical (unpaired) electrons. The van der Waals surface area contributed by atoms with Crippen LogP contribution in [-0.4, -0.2) is 54.1 Å². The molecule has 3 aromatic rings. The van der Waals surface area contributed by atoms with Gasteiger partial charge in [-0.3, -0.25) is 4.79 Å². The number of ether oxygens (including phenoxy) is 2. The minimum Gasteiger partial charge on any atom is -0.497 e. The van der Waals surface area contributed by atoms with Crippen LogP contribution in [0.5, 0.6) is 11.5 Å². The van der Waals surface area contributed by atoms with E-state index in [1.807, 2.05) is 37.8 Å². The maximum atomic E-state index is 12.9. The molecule has 0 bridgehead atoms. The van der Waals surface area contributed by atoms with E-state index in [-0.39, 0.29) is 5.56 Å². The molecular formula is C18H24N4O3. The lowest BCUT2D eigenvalue weighted by atomic mass is 10.1. The van der Waals surface area contributed by atoms with Gasteiger partial charge in [-0.1, -0.05) is 0 Å². The molecule has 1 aromatic carbocycles. The van der Waals surface area contributed by atoms with Crippen molar-refractivity contribution in [2.75, 3.05) is 34.9 Å². The molecule has 0 amide bonds. The van der Waals surface area contributed by atoms with E-state index in [2.05, 4.69) is 10.00 Å². The highest BCUT2D eigenvalue weighted by Gasteiger charge is 2.18. The lowest BCUT2D eigenvalue weighted by Gasteiger charge is -2.10. The van der Waals surface area contributed by atoms with E-state index in [0.717, 1.165) is 29.3 Å². The fourth-order valence-corrected chi connectivity index (χ4v) is 3.19. The SMILES string of the molecule is COc1cc(OC)c2c3cnn(CCCN(C)C)c(=O)c3n(C)c2c1. The molecule has 134 valence electrons. The summed E-state index contributed by atoms with van der Waals surface area (Å²) >= 11 is 0. The van der Waals surface area contributed by atoms with Gasteiger partial charge in [0.05, 0.1) is 31.3 Å². The summed E-state index contributed by atoms with van der Waals surface area (Å²) in [5, 5.41) is 6.05. The molecule has 7 heteroatoms. The zero-order chi connectivity index (χ0) is 18.1. The minimum atomic E-state index is -0.0871. The van der Waals surface area contributed by atoms with E-state index in [9.17, 15) is 4.79 Å². The largest absolute Gasteiger partial charge is 0.497 e. The molecule has 0 spiro atoms. The van der Waals surface area contributed by atoms with Crippen LogP contribution < -0.4 is 15.0 Å². The van der Waals surface area contributed by atoms with Crippen LogP contribution in [0.3, 0.4) is 0 Å². The molecule has 0 fully saturated rings. The quantitative estimate of drug-likeness (QED) is 0.683. The van der Waals surface area contributed by atoms with Crippen molar-refractivity contribution in [3.05, 3.63) is 28.7 Å². The second-order valence-corrected chi connectivity index (χ2v) is 6.37. The summed E-state index contributed by atoms with van der Waals surface area (Å²) in [5.74, 6) is 1.36. The number of benzene rings is 1. The van der Waals surface area contributed by atoms with E-state index >= 15 is 0 Å². The Morgan fingerprint density at radius 2 is 1.96 bits per heavy atom. The molecule has 0 saturated carbocycles. The van der Waals surface area contributed by atoms with E-state index in [1.54, 1.807) is 20.4 Å². The number of aromatic nitrogens is 3. The summed E-state index contributed by atoms with van der Waals surface area (Å²) in [7, 11) is 9.15. The maximum Gasteiger partial charge on any atom is 0.291 e. The topological polar surface area (TPSA) is 61.5 Å². The average molecular weight is 344 g/mol. The number of rotatable bonds is 6. The maximum absolute atomic E-state index is 12.9. The van der Waals surface area contributed by atoms with Gasteiger partial charge in [0.15, 0.2) is 0 Å². The summed E-state index contributed by atoms with van der Waals surface area (Å²) in [4.78, 5) is 15.0. The summed E-state index contributed by atoms with van der Waals surface area (Å²) in [6.07, 6.45) is 2.62. The van der Waals surface area contributed by atoms with Gasteiger partial charge in [-0.25, -0.2) is 4.68 Å². The van der Waals surface area contributed by atoms with Crippen LogP contribution in [0.15, 0.2) is 23.1 Å². The van der Waals surface area contributed by atoms with Gasteiger partial charge < -0.3 is 18.9 Å². The van der Waals surface area contributed by atoms with Gasteiger partial charge in [0.25, 0.3) is 5.56 Å². The van der Waals surface area contributed by atoms with E-state index in [4.69, 9.17) is 9.47 Å². The first-order valence-corrected chi connectivity index (χ1v) is 8.23. The second-order valence-electron chi connectivity index (χ2n) is 6.37. The first-order chi connectivity index (χ1) is 12.0. The van der Waals surface area contributed by atoms with Crippen molar-refractivity contribution in [2.45, 2.75) is 13.0 Å². The predicted molar refractivity (Wildman–Crippen MR) is 98.8 cm³/mol. The normalized spacial score (nSPS) is 11.6. The van der Waals surface area contributed by atoms with Crippen molar-refractivity contribution >= 4 is 21.8 Å². The number of nitrogens with zero attached hydrogens (tertiary/aromatic N) is 4. The second kappa shape index (κ2) is 6.76. The van der Waals surface area contributed by atoms with E-state index in [1.165, 1.54) is 4.68 Å². The third kappa shape index (κ3) is 2.95. The molecule has 3 rings (SSSR count). The van der Waals surface area contributed by atoms with Crippen molar-refractivity contribution in [3.8, 4) is 11.5 Å². The zero-order valence-electron chi connectivity index (χ0n) is 15.4. The predicted octanol–water partition coefficient (Wildman–Crippen LogP) is 1.86. The van der Waals surface area contributed by atoms with Gasteiger partial charge in [0, 0.05) is 31.1 Å². The number of hydrogen-bond donors (Lipinski definition) is 0. The van der Waals surface area contributed by atoms with Gasteiger partial charge >= 0.3 is 0 Å². The highest BCUT2D eigenvalue weighted by atomic mass is 16.5. The third-order valence-corrected chi connectivity index (χ3v) is 4.47. The van der Waals surface area contributed by atoms with Gasteiger partial charge in [-0.2, -0.15) is 5.10 Å². The Labute approximate surface area is 146 Å². The van der Waals surface area contributed by atoms with Gasteiger partial charge in [-0.05, 0) is 27.1 Å². The summed E-state index contributed by atoms with van der Waals surface area (Å²) in [5.41, 5.74) is 1.42. The van der Waals surface area contributed by atoms with E-state index < -0.39 is 0 Å². The molecule has 25 heavy (non-hydrogen) atoms. The number of hydrogen-bond acceptors (Lipinski definition) is 5. The van der Waals surface area contributed by atoms with Crippen LogP contribution in [0.4, 0.5) is 0 Å². The molecule has 7 nitrogen and oxygen atoms in total. The van der Waals surface area contributed by atoms with Crippen LogP contribution in [0.2, 0.25) is 0 Å². The molecule has 0 atom stereocenters. The Bertz CT molecular complexity index is 972. The van der Waals surface area contributed by atoms with Crippen molar-refractivity contribution in [1.29, 1.82) is 0 Å². The molecule has 0 aliphatic rings. The van der Waals surface area contributed by atoms with E-state index in [0.29, 0.717) is 23.6 Å². The van der Waals surface area contributed by atoms with Crippen LogP contribution in [0.25, 0.3) is 21.8 Å². The Balaban J connectivity index is 2.20. The molecule has 2 heterocycles. The van der Waals surface area contributed by atoms with Crippen molar-refractivity contribution in [1.82, 2.24) is 19.2 Å². The Kier molecular flexibility index (Phi) is 4.67. The first-order valence-electron chi connectivity index (χ1n) is 8.23. The Hall–Kier alpha value is -2.54.